The van der Waals surface area contributed by atoms with Crippen LogP contribution in [0, 0.1) is 0 Å². The molecule has 0 spiro atoms. The van der Waals surface area contributed by atoms with Gasteiger partial charge in [0.25, 0.3) is 10.1 Å². The Balaban J connectivity index is 3.23. The quantitative estimate of drug-likeness (QED) is 0.471. The van der Waals surface area contributed by atoms with Crippen LogP contribution in [0.25, 0.3) is 0 Å². The molecule has 0 rings (SSSR count). The van der Waals surface area contributed by atoms with E-state index in [4.69, 9.17) is 0 Å². The summed E-state index contributed by atoms with van der Waals surface area (Å²) in [6.07, 6.45) is 3.71. The van der Waals surface area contributed by atoms with Crippen LogP contribution in [-0.2, 0) is 14.3 Å². The number of unbranched alkanes of at least 4 members (excludes halogenated alkanes) is 2. The van der Waals surface area contributed by atoms with Crippen molar-refractivity contribution >= 4 is 10.1 Å². The molecule has 0 amide bonds. The molecular formula is C9H19FO3S. The molecule has 1 unspecified atom stereocenters. The molecule has 3 nitrogen and oxygen atoms in total. The highest BCUT2D eigenvalue weighted by atomic mass is 32.2. The predicted molar refractivity (Wildman–Crippen MR) is 54.5 cm³/mol. The Morgan fingerprint density at radius 2 is 1.93 bits per heavy atom. The van der Waals surface area contributed by atoms with E-state index in [0.717, 1.165) is 19.1 Å². The standard InChI is InChI=1S/C9H19FO3S/c1-3-9(10)7-5-4-6-8-13-14(2,11)12/h9H,3-8H2,1-2H3. The van der Waals surface area contributed by atoms with E-state index < -0.39 is 16.3 Å². The van der Waals surface area contributed by atoms with Gasteiger partial charge < -0.3 is 0 Å². The summed E-state index contributed by atoms with van der Waals surface area (Å²) in [7, 11) is -3.31. The Kier molecular flexibility index (Phi) is 7.09. The van der Waals surface area contributed by atoms with Gasteiger partial charge in [0.05, 0.1) is 19.0 Å². The summed E-state index contributed by atoms with van der Waals surface area (Å²) < 4.78 is 38.3. The molecule has 1 atom stereocenters. The van der Waals surface area contributed by atoms with Crippen molar-refractivity contribution in [3.05, 3.63) is 0 Å². The minimum absolute atomic E-state index is 0.210. The monoisotopic (exact) mass is 226 g/mol. The lowest BCUT2D eigenvalue weighted by atomic mass is 10.1. The topological polar surface area (TPSA) is 43.4 Å². The van der Waals surface area contributed by atoms with Crippen LogP contribution in [0.15, 0.2) is 0 Å². The van der Waals surface area contributed by atoms with Gasteiger partial charge in [-0.2, -0.15) is 8.42 Å². The van der Waals surface area contributed by atoms with Gasteiger partial charge in [0.2, 0.25) is 0 Å². The van der Waals surface area contributed by atoms with Crippen molar-refractivity contribution in [2.45, 2.75) is 45.2 Å². The maximum absolute atomic E-state index is 12.7. The van der Waals surface area contributed by atoms with Crippen molar-refractivity contribution in [3.63, 3.8) is 0 Å². The molecule has 0 aliphatic heterocycles. The van der Waals surface area contributed by atoms with Crippen molar-refractivity contribution in [2.24, 2.45) is 0 Å². The summed E-state index contributed by atoms with van der Waals surface area (Å²) in [5.41, 5.74) is 0. The molecule has 0 heterocycles. The maximum atomic E-state index is 12.7. The fraction of sp³-hybridized carbons (Fsp3) is 1.00. The normalized spacial score (nSPS) is 14.2. The van der Waals surface area contributed by atoms with Crippen LogP contribution >= 0.6 is 0 Å². The van der Waals surface area contributed by atoms with Crippen LogP contribution in [0.2, 0.25) is 0 Å². The fourth-order valence-corrected chi connectivity index (χ4v) is 1.48. The average Bonchev–Trinajstić information content (AvgIpc) is 2.08. The summed E-state index contributed by atoms with van der Waals surface area (Å²) in [5.74, 6) is 0. The van der Waals surface area contributed by atoms with Crippen molar-refractivity contribution in [3.8, 4) is 0 Å². The van der Waals surface area contributed by atoms with Gasteiger partial charge in [-0.3, -0.25) is 4.18 Å². The molecule has 0 saturated heterocycles. The Morgan fingerprint density at radius 3 is 2.43 bits per heavy atom. The van der Waals surface area contributed by atoms with Crippen molar-refractivity contribution in [1.29, 1.82) is 0 Å². The lowest BCUT2D eigenvalue weighted by molar-refractivity contribution is 0.282. The number of alkyl halides is 1. The molecule has 0 saturated carbocycles. The number of halogens is 1. The van der Waals surface area contributed by atoms with E-state index in [0.29, 0.717) is 19.3 Å². The van der Waals surface area contributed by atoms with Crippen LogP contribution in [-0.4, -0.2) is 27.5 Å². The van der Waals surface area contributed by atoms with E-state index in [1.54, 1.807) is 0 Å². The highest BCUT2D eigenvalue weighted by Gasteiger charge is 2.03. The SMILES string of the molecule is CCC(F)CCCCCOS(C)(=O)=O. The maximum Gasteiger partial charge on any atom is 0.264 e. The number of rotatable bonds is 8. The molecular weight excluding hydrogens is 207 g/mol. The first-order valence-corrected chi connectivity index (χ1v) is 6.76. The lowest BCUT2D eigenvalue weighted by Crippen LogP contribution is -2.04. The van der Waals surface area contributed by atoms with Crippen LogP contribution in [0.3, 0.4) is 0 Å². The molecule has 0 radical (unpaired) electrons. The third-order valence-electron chi connectivity index (χ3n) is 1.90. The first-order chi connectivity index (χ1) is 6.45. The largest absolute Gasteiger partial charge is 0.270 e. The van der Waals surface area contributed by atoms with Gasteiger partial charge in [0.15, 0.2) is 0 Å². The average molecular weight is 226 g/mol. The van der Waals surface area contributed by atoms with Gasteiger partial charge in [-0.05, 0) is 19.3 Å². The minimum atomic E-state index is -3.31. The molecule has 5 heteroatoms. The molecule has 0 N–H and O–H groups in total. The van der Waals surface area contributed by atoms with E-state index in [1.807, 2.05) is 6.92 Å². The number of hydrogen-bond acceptors (Lipinski definition) is 3. The van der Waals surface area contributed by atoms with Crippen LogP contribution in [0.5, 0.6) is 0 Å². The molecule has 0 aromatic rings. The third-order valence-corrected chi connectivity index (χ3v) is 2.50. The zero-order chi connectivity index (χ0) is 11.0. The van der Waals surface area contributed by atoms with E-state index >= 15 is 0 Å². The van der Waals surface area contributed by atoms with Crippen LogP contribution in [0.4, 0.5) is 4.39 Å². The Labute approximate surface area is 85.8 Å². The zero-order valence-electron chi connectivity index (χ0n) is 8.83. The first-order valence-electron chi connectivity index (χ1n) is 4.94. The molecule has 0 aromatic carbocycles. The molecule has 0 aromatic heterocycles. The second-order valence-electron chi connectivity index (χ2n) is 3.38. The number of hydrogen-bond donors (Lipinski definition) is 0. The zero-order valence-corrected chi connectivity index (χ0v) is 9.65. The molecule has 0 bridgehead atoms. The minimum Gasteiger partial charge on any atom is -0.270 e. The Morgan fingerprint density at radius 1 is 1.29 bits per heavy atom. The highest BCUT2D eigenvalue weighted by molar-refractivity contribution is 7.85. The summed E-state index contributed by atoms with van der Waals surface area (Å²) in [4.78, 5) is 0. The summed E-state index contributed by atoms with van der Waals surface area (Å²) >= 11 is 0. The Hall–Kier alpha value is -0.160. The first kappa shape index (κ1) is 13.8. The van der Waals surface area contributed by atoms with Gasteiger partial charge in [0, 0.05) is 0 Å². The predicted octanol–water partition coefficient (Wildman–Crippen LogP) is 2.27. The lowest BCUT2D eigenvalue weighted by Gasteiger charge is -2.04. The van der Waals surface area contributed by atoms with Crippen molar-refractivity contribution in [1.82, 2.24) is 0 Å². The smallest absolute Gasteiger partial charge is 0.264 e. The molecule has 14 heavy (non-hydrogen) atoms. The summed E-state index contributed by atoms with van der Waals surface area (Å²) in [6, 6.07) is 0. The summed E-state index contributed by atoms with van der Waals surface area (Å²) in [6.45, 7) is 2.03. The van der Waals surface area contributed by atoms with Crippen molar-refractivity contribution in [2.75, 3.05) is 12.9 Å². The molecule has 0 fully saturated rings. The molecule has 86 valence electrons. The van der Waals surface area contributed by atoms with E-state index in [-0.39, 0.29) is 6.61 Å². The second kappa shape index (κ2) is 7.17. The van der Waals surface area contributed by atoms with Crippen molar-refractivity contribution < 1.29 is 17.0 Å². The van der Waals surface area contributed by atoms with E-state index in [1.165, 1.54) is 0 Å². The van der Waals surface area contributed by atoms with Gasteiger partial charge in [0.1, 0.15) is 0 Å². The third kappa shape index (κ3) is 9.92. The molecule has 0 aliphatic carbocycles. The highest BCUT2D eigenvalue weighted by Crippen LogP contribution is 2.09. The van der Waals surface area contributed by atoms with Gasteiger partial charge in [-0.15, -0.1) is 0 Å². The fourth-order valence-electron chi connectivity index (χ4n) is 1.06. The van der Waals surface area contributed by atoms with E-state index in [9.17, 15) is 12.8 Å². The van der Waals surface area contributed by atoms with Gasteiger partial charge in [-0.25, -0.2) is 4.39 Å². The summed E-state index contributed by atoms with van der Waals surface area (Å²) in [5, 5.41) is 0. The van der Waals surface area contributed by atoms with Crippen LogP contribution < -0.4 is 0 Å². The van der Waals surface area contributed by atoms with E-state index in [2.05, 4.69) is 4.18 Å². The van der Waals surface area contributed by atoms with Gasteiger partial charge >= 0.3 is 0 Å². The Bertz CT molecular complexity index is 226. The van der Waals surface area contributed by atoms with Crippen LogP contribution in [0.1, 0.15) is 39.0 Å². The molecule has 0 aliphatic rings. The second-order valence-corrected chi connectivity index (χ2v) is 5.02. The van der Waals surface area contributed by atoms with Gasteiger partial charge in [-0.1, -0.05) is 19.8 Å².